The van der Waals surface area contributed by atoms with Gasteiger partial charge in [-0.15, -0.1) is 0 Å². The Balaban J connectivity index is 1.74. The molecule has 2 aliphatic rings. The highest BCUT2D eigenvalue weighted by atomic mass is 16.7. The van der Waals surface area contributed by atoms with Crippen molar-refractivity contribution in [1.82, 2.24) is 0 Å². The normalized spacial score (nSPS) is 19.6. The fourth-order valence-corrected chi connectivity index (χ4v) is 2.52. The monoisotopic (exact) mass is 278 g/mol. The van der Waals surface area contributed by atoms with E-state index in [0.29, 0.717) is 49.8 Å². The predicted molar refractivity (Wildman–Crippen MR) is 72.7 cm³/mol. The number of nitrogens with two attached hydrogens (primary N) is 1. The first-order chi connectivity index (χ1) is 9.73. The molecule has 3 N–H and O–H groups in total. The summed E-state index contributed by atoms with van der Waals surface area (Å²) in [5.41, 5.74) is 5.98. The van der Waals surface area contributed by atoms with Gasteiger partial charge in [-0.25, -0.2) is 0 Å². The minimum atomic E-state index is -0.533. The SMILES string of the molecule is NCC1(C(=O)Nc2ccc3c(c2)OCO3)CCOCC1. The smallest absolute Gasteiger partial charge is 0.232 e. The molecule has 2 heterocycles. The van der Waals surface area contributed by atoms with Gasteiger partial charge in [-0.1, -0.05) is 0 Å². The second kappa shape index (κ2) is 5.30. The lowest BCUT2D eigenvalue weighted by molar-refractivity contribution is -0.130. The molecule has 0 aromatic heterocycles. The second-order valence-corrected chi connectivity index (χ2v) is 5.12. The van der Waals surface area contributed by atoms with E-state index in [4.69, 9.17) is 19.9 Å². The van der Waals surface area contributed by atoms with Crippen LogP contribution in [-0.4, -0.2) is 32.5 Å². The van der Waals surface area contributed by atoms with Crippen molar-refractivity contribution in [2.75, 3.05) is 31.9 Å². The minimum Gasteiger partial charge on any atom is -0.454 e. The quantitative estimate of drug-likeness (QED) is 0.865. The molecule has 2 aliphatic heterocycles. The Morgan fingerprint density at radius 2 is 2.00 bits per heavy atom. The Bertz CT molecular complexity index is 512. The van der Waals surface area contributed by atoms with Gasteiger partial charge >= 0.3 is 0 Å². The van der Waals surface area contributed by atoms with E-state index in [0.717, 1.165) is 0 Å². The van der Waals surface area contributed by atoms with Crippen LogP contribution in [0.25, 0.3) is 0 Å². The highest BCUT2D eigenvalue weighted by molar-refractivity contribution is 5.95. The molecule has 1 amide bonds. The second-order valence-electron chi connectivity index (χ2n) is 5.12. The molecule has 0 unspecified atom stereocenters. The van der Waals surface area contributed by atoms with Gasteiger partial charge in [-0.05, 0) is 25.0 Å². The van der Waals surface area contributed by atoms with Gasteiger partial charge in [0.1, 0.15) is 0 Å². The van der Waals surface area contributed by atoms with Gasteiger partial charge in [0.2, 0.25) is 12.7 Å². The Hall–Kier alpha value is -1.79. The Labute approximate surface area is 117 Å². The summed E-state index contributed by atoms with van der Waals surface area (Å²) in [7, 11) is 0. The molecule has 0 bridgehead atoms. The van der Waals surface area contributed by atoms with Gasteiger partial charge in [0.15, 0.2) is 11.5 Å². The number of benzene rings is 1. The number of ether oxygens (including phenoxy) is 3. The van der Waals surface area contributed by atoms with E-state index in [1.807, 2.05) is 0 Å². The molecule has 0 saturated carbocycles. The fourth-order valence-electron chi connectivity index (χ4n) is 2.52. The minimum absolute atomic E-state index is 0.0536. The number of hydrogen-bond donors (Lipinski definition) is 2. The maximum atomic E-state index is 12.5. The molecule has 1 fully saturated rings. The van der Waals surface area contributed by atoms with Crippen molar-refractivity contribution in [3.8, 4) is 11.5 Å². The molecule has 0 radical (unpaired) electrons. The van der Waals surface area contributed by atoms with E-state index >= 15 is 0 Å². The molecule has 1 aromatic rings. The molecule has 0 spiro atoms. The molecular formula is C14H18N2O4. The predicted octanol–water partition coefficient (Wildman–Crippen LogP) is 1.11. The van der Waals surface area contributed by atoms with Crippen LogP contribution in [0.1, 0.15) is 12.8 Å². The third-order valence-corrected chi connectivity index (χ3v) is 3.95. The number of nitrogens with one attached hydrogen (secondary N) is 1. The first-order valence-electron chi connectivity index (χ1n) is 6.72. The largest absolute Gasteiger partial charge is 0.454 e. The third kappa shape index (κ3) is 2.32. The summed E-state index contributed by atoms with van der Waals surface area (Å²) in [5.74, 6) is 1.29. The van der Waals surface area contributed by atoms with Crippen LogP contribution in [0.2, 0.25) is 0 Å². The molecule has 1 saturated heterocycles. The van der Waals surface area contributed by atoms with Crippen LogP contribution in [-0.2, 0) is 9.53 Å². The summed E-state index contributed by atoms with van der Waals surface area (Å²) in [5, 5.41) is 2.92. The van der Waals surface area contributed by atoms with Gasteiger partial charge in [0.05, 0.1) is 5.41 Å². The van der Waals surface area contributed by atoms with Crippen LogP contribution in [0.4, 0.5) is 5.69 Å². The Morgan fingerprint density at radius 3 is 2.75 bits per heavy atom. The van der Waals surface area contributed by atoms with E-state index in [1.165, 1.54) is 0 Å². The topological polar surface area (TPSA) is 82.8 Å². The maximum Gasteiger partial charge on any atom is 0.232 e. The number of anilines is 1. The maximum absolute atomic E-state index is 12.5. The molecule has 1 aromatic carbocycles. The van der Waals surface area contributed by atoms with Gasteiger partial charge < -0.3 is 25.3 Å². The fraction of sp³-hybridized carbons (Fsp3) is 0.500. The molecule has 0 aliphatic carbocycles. The van der Waals surface area contributed by atoms with Crippen LogP contribution < -0.4 is 20.5 Å². The lowest BCUT2D eigenvalue weighted by Crippen LogP contribution is -2.46. The number of rotatable bonds is 3. The zero-order valence-corrected chi connectivity index (χ0v) is 11.2. The number of carbonyl (C=O) groups excluding carboxylic acids is 1. The first kappa shape index (κ1) is 13.2. The molecule has 0 atom stereocenters. The van der Waals surface area contributed by atoms with Gasteiger partial charge in [-0.2, -0.15) is 0 Å². The van der Waals surface area contributed by atoms with E-state index in [-0.39, 0.29) is 12.7 Å². The van der Waals surface area contributed by atoms with Crippen molar-refractivity contribution in [3.05, 3.63) is 18.2 Å². The van der Waals surface area contributed by atoms with Crippen LogP contribution in [0, 0.1) is 5.41 Å². The number of carbonyl (C=O) groups is 1. The zero-order valence-electron chi connectivity index (χ0n) is 11.2. The van der Waals surface area contributed by atoms with E-state index in [2.05, 4.69) is 5.32 Å². The van der Waals surface area contributed by atoms with Crippen LogP contribution in [0.15, 0.2) is 18.2 Å². The van der Waals surface area contributed by atoms with E-state index < -0.39 is 5.41 Å². The van der Waals surface area contributed by atoms with Crippen LogP contribution in [0.3, 0.4) is 0 Å². The summed E-state index contributed by atoms with van der Waals surface area (Å²) < 4.78 is 15.9. The lowest BCUT2D eigenvalue weighted by Gasteiger charge is -2.34. The standard InChI is InChI=1S/C14H18N2O4/c15-8-14(3-5-18-6-4-14)13(17)16-10-1-2-11-12(7-10)20-9-19-11/h1-2,7H,3-6,8-9,15H2,(H,16,17). The van der Waals surface area contributed by atoms with Gasteiger partial charge in [-0.3, -0.25) is 4.79 Å². The van der Waals surface area contributed by atoms with Crippen LogP contribution >= 0.6 is 0 Å². The Kier molecular flexibility index (Phi) is 3.50. The van der Waals surface area contributed by atoms with Gasteiger partial charge in [0.25, 0.3) is 0 Å². The molecule has 6 nitrogen and oxygen atoms in total. The molecular weight excluding hydrogens is 260 g/mol. The summed E-state index contributed by atoms with van der Waals surface area (Å²) in [6.45, 7) is 1.70. The summed E-state index contributed by atoms with van der Waals surface area (Å²) in [4.78, 5) is 12.5. The van der Waals surface area contributed by atoms with E-state index in [9.17, 15) is 4.79 Å². The number of fused-ring (bicyclic) bond motifs is 1. The third-order valence-electron chi connectivity index (χ3n) is 3.95. The highest BCUT2D eigenvalue weighted by Crippen LogP contribution is 2.36. The number of amides is 1. The lowest BCUT2D eigenvalue weighted by atomic mass is 9.79. The molecule has 6 heteroatoms. The van der Waals surface area contributed by atoms with Crippen molar-refractivity contribution in [3.63, 3.8) is 0 Å². The Morgan fingerprint density at radius 1 is 1.25 bits per heavy atom. The van der Waals surface area contributed by atoms with Crippen molar-refractivity contribution >= 4 is 11.6 Å². The molecule has 108 valence electrons. The van der Waals surface area contributed by atoms with Gasteiger partial charge in [0, 0.05) is 31.5 Å². The summed E-state index contributed by atoms with van der Waals surface area (Å²) in [6.07, 6.45) is 1.31. The highest BCUT2D eigenvalue weighted by Gasteiger charge is 2.38. The molecule has 20 heavy (non-hydrogen) atoms. The summed E-state index contributed by atoms with van der Waals surface area (Å²) in [6, 6.07) is 5.36. The van der Waals surface area contributed by atoms with Crippen LogP contribution in [0.5, 0.6) is 11.5 Å². The number of hydrogen-bond acceptors (Lipinski definition) is 5. The average molecular weight is 278 g/mol. The van der Waals surface area contributed by atoms with Crippen molar-refractivity contribution in [2.24, 2.45) is 11.1 Å². The van der Waals surface area contributed by atoms with E-state index in [1.54, 1.807) is 18.2 Å². The van der Waals surface area contributed by atoms with Crippen molar-refractivity contribution in [1.29, 1.82) is 0 Å². The van der Waals surface area contributed by atoms with Crippen molar-refractivity contribution < 1.29 is 19.0 Å². The zero-order chi connectivity index (χ0) is 14.0. The summed E-state index contributed by atoms with van der Waals surface area (Å²) >= 11 is 0. The average Bonchev–Trinajstić information content (AvgIpc) is 2.95. The van der Waals surface area contributed by atoms with Crippen molar-refractivity contribution in [2.45, 2.75) is 12.8 Å². The first-order valence-corrected chi connectivity index (χ1v) is 6.72. The molecule has 3 rings (SSSR count).